The lowest BCUT2D eigenvalue weighted by atomic mass is 10.1. The predicted molar refractivity (Wildman–Crippen MR) is 109 cm³/mol. The average molecular weight is 435 g/mol. The van der Waals surface area contributed by atoms with Gasteiger partial charge in [0.1, 0.15) is 17.0 Å². The van der Waals surface area contributed by atoms with Crippen molar-refractivity contribution in [2.45, 2.75) is 18.9 Å². The molecule has 3 aromatic rings. The fraction of sp³-hybridized carbons (Fsp3) is 0.238. The molecule has 1 atom stereocenters. The van der Waals surface area contributed by atoms with Gasteiger partial charge in [-0.3, -0.25) is 4.79 Å². The van der Waals surface area contributed by atoms with Crippen molar-refractivity contribution in [3.63, 3.8) is 0 Å². The first-order valence-electron chi connectivity index (χ1n) is 9.12. The highest BCUT2D eigenvalue weighted by Gasteiger charge is 2.18. The first-order chi connectivity index (χ1) is 14.0. The Morgan fingerprint density at radius 1 is 1.21 bits per heavy atom. The van der Waals surface area contributed by atoms with Gasteiger partial charge in [-0.2, -0.15) is 0 Å². The van der Waals surface area contributed by atoms with Crippen LogP contribution in [0.2, 0.25) is 10.0 Å². The Hall–Kier alpha value is -2.41. The van der Waals surface area contributed by atoms with Gasteiger partial charge in [-0.1, -0.05) is 23.2 Å². The summed E-state index contributed by atoms with van der Waals surface area (Å²) in [4.78, 5) is 17.2. The third-order valence-corrected chi connectivity index (χ3v) is 5.13. The second-order valence-electron chi connectivity index (χ2n) is 6.70. The Balaban J connectivity index is 1.76. The number of ether oxygens (including phenoxy) is 1. The Morgan fingerprint density at radius 3 is 2.83 bits per heavy atom. The lowest BCUT2D eigenvalue weighted by molar-refractivity contribution is 0.0854. The molecule has 2 heterocycles. The van der Waals surface area contributed by atoms with E-state index >= 15 is 0 Å². The Morgan fingerprint density at radius 2 is 2.07 bits per heavy atom. The van der Waals surface area contributed by atoms with Gasteiger partial charge in [0.2, 0.25) is 5.55 Å². The molecular formula is C21H17Cl2FN2O3. The van der Waals surface area contributed by atoms with E-state index in [4.69, 9.17) is 32.4 Å². The molecule has 1 fully saturated rings. The van der Waals surface area contributed by atoms with E-state index in [-0.39, 0.29) is 28.2 Å². The number of carbonyl (C=O) groups excluding carboxylic acids is 1. The predicted octanol–water partition coefficient (Wildman–Crippen LogP) is 5.02. The van der Waals surface area contributed by atoms with Crippen LogP contribution in [0.25, 0.3) is 11.0 Å². The first-order valence-corrected chi connectivity index (χ1v) is 9.88. The van der Waals surface area contributed by atoms with Gasteiger partial charge < -0.3 is 14.5 Å². The van der Waals surface area contributed by atoms with Gasteiger partial charge in [0.05, 0.1) is 16.8 Å². The minimum atomic E-state index is -0.551. The van der Waals surface area contributed by atoms with Crippen LogP contribution >= 0.6 is 23.2 Å². The summed E-state index contributed by atoms with van der Waals surface area (Å²) in [6.45, 7) is 1.10. The summed E-state index contributed by atoms with van der Waals surface area (Å²) in [7, 11) is 0. The standard InChI is InChI=1S/C21H17Cl2FN2O3/c22-13-3-6-19-12(8-13)9-16(20(27)25-11-15-2-1-7-28-15)21(29-19)26-14-4-5-18(24)17(23)10-14/h3-6,8-10,15H,1-2,7,11H2,(H,25,27)/t15-/m1/s1. The number of nitrogens with one attached hydrogen (secondary N) is 1. The third kappa shape index (κ3) is 4.61. The van der Waals surface area contributed by atoms with Crippen LogP contribution in [0, 0.1) is 5.82 Å². The van der Waals surface area contributed by atoms with Crippen molar-refractivity contribution in [1.82, 2.24) is 5.32 Å². The van der Waals surface area contributed by atoms with E-state index in [0.717, 1.165) is 12.8 Å². The number of carbonyl (C=O) groups is 1. The molecule has 1 saturated heterocycles. The van der Waals surface area contributed by atoms with Crippen LogP contribution in [0.5, 0.6) is 0 Å². The molecule has 1 aliphatic rings. The molecule has 0 bridgehead atoms. The first kappa shape index (κ1) is 19.9. The summed E-state index contributed by atoms with van der Waals surface area (Å²) in [5.74, 6) is -0.900. The smallest absolute Gasteiger partial charge is 0.256 e. The van der Waals surface area contributed by atoms with Crippen molar-refractivity contribution in [2.75, 3.05) is 13.2 Å². The molecule has 0 aliphatic carbocycles. The Labute approximate surface area is 176 Å². The number of hydrogen-bond donors (Lipinski definition) is 1. The molecule has 150 valence electrons. The highest BCUT2D eigenvalue weighted by molar-refractivity contribution is 6.31. The third-order valence-electron chi connectivity index (χ3n) is 4.60. The second kappa shape index (κ2) is 8.53. The van der Waals surface area contributed by atoms with Gasteiger partial charge in [-0.15, -0.1) is 0 Å². The molecule has 1 aromatic heterocycles. The minimum Gasteiger partial charge on any atom is -0.438 e. The molecule has 1 N–H and O–H groups in total. The topological polar surface area (TPSA) is 63.8 Å². The Kier molecular flexibility index (Phi) is 5.85. The molecule has 0 saturated carbocycles. The monoisotopic (exact) mass is 434 g/mol. The zero-order valence-electron chi connectivity index (χ0n) is 15.3. The van der Waals surface area contributed by atoms with E-state index in [1.54, 1.807) is 24.3 Å². The molecule has 5 nitrogen and oxygen atoms in total. The highest BCUT2D eigenvalue weighted by Crippen LogP contribution is 2.23. The summed E-state index contributed by atoms with van der Waals surface area (Å²) >= 11 is 11.9. The summed E-state index contributed by atoms with van der Waals surface area (Å²) in [6.07, 6.45) is 1.89. The zero-order chi connectivity index (χ0) is 20.4. The van der Waals surface area contributed by atoms with E-state index in [1.165, 1.54) is 18.2 Å². The van der Waals surface area contributed by atoms with Crippen LogP contribution in [0.4, 0.5) is 10.1 Å². The van der Waals surface area contributed by atoms with Gasteiger partial charge in [0.15, 0.2) is 0 Å². The molecule has 8 heteroatoms. The lowest BCUT2D eigenvalue weighted by Crippen LogP contribution is -2.34. The van der Waals surface area contributed by atoms with Crippen LogP contribution in [0.1, 0.15) is 23.2 Å². The van der Waals surface area contributed by atoms with E-state index in [1.807, 2.05) is 0 Å². The van der Waals surface area contributed by atoms with Gasteiger partial charge in [-0.05, 0) is 55.3 Å². The number of amides is 1. The van der Waals surface area contributed by atoms with E-state index in [2.05, 4.69) is 10.3 Å². The van der Waals surface area contributed by atoms with Crippen molar-refractivity contribution < 1.29 is 18.3 Å². The maximum absolute atomic E-state index is 13.5. The highest BCUT2D eigenvalue weighted by atomic mass is 35.5. The lowest BCUT2D eigenvalue weighted by Gasteiger charge is -2.11. The number of halogens is 3. The van der Waals surface area contributed by atoms with E-state index in [0.29, 0.717) is 34.8 Å². The van der Waals surface area contributed by atoms with Crippen LogP contribution in [-0.4, -0.2) is 25.2 Å². The minimum absolute atomic E-state index is 0.00193. The van der Waals surface area contributed by atoms with Crippen molar-refractivity contribution >= 4 is 45.8 Å². The summed E-state index contributed by atoms with van der Waals surface area (Å²) in [5.41, 5.74) is 1.20. The van der Waals surface area contributed by atoms with Crippen LogP contribution in [0.3, 0.4) is 0 Å². The molecule has 1 aliphatic heterocycles. The van der Waals surface area contributed by atoms with E-state index < -0.39 is 5.82 Å². The molecule has 0 spiro atoms. The molecule has 4 rings (SSSR count). The molecule has 1 amide bonds. The summed E-state index contributed by atoms with van der Waals surface area (Å²) < 4.78 is 24.9. The van der Waals surface area contributed by atoms with Crippen molar-refractivity contribution in [1.29, 1.82) is 0 Å². The number of hydrogen-bond acceptors (Lipinski definition) is 4. The normalized spacial score (nSPS) is 17.1. The van der Waals surface area contributed by atoms with Gasteiger partial charge >= 0.3 is 0 Å². The van der Waals surface area contributed by atoms with Gasteiger partial charge in [0.25, 0.3) is 5.91 Å². The van der Waals surface area contributed by atoms with Crippen molar-refractivity contribution in [2.24, 2.45) is 4.99 Å². The second-order valence-corrected chi connectivity index (χ2v) is 7.55. The van der Waals surface area contributed by atoms with Crippen LogP contribution in [0.15, 0.2) is 51.9 Å². The van der Waals surface area contributed by atoms with E-state index in [9.17, 15) is 9.18 Å². The molecule has 29 heavy (non-hydrogen) atoms. The van der Waals surface area contributed by atoms with Gasteiger partial charge in [-0.25, -0.2) is 9.38 Å². The van der Waals surface area contributed by atoms with Crippen LogP contribution < -0.4 is 10.9 Å². The maximum atomic E-state index is 13.5. The largest absolute Gasteiger partial charge is 0.438 e. The fourth-order valence-electron chi connectivity index (χ4n) is 3.13. The average Bonchev–Trinajstić information content (AvgIpc) is 3.22. The maximum Gasteiger partial charge on any atom is 0.256 e. The molecule has 0 radical (unpaired) electrons. The molecular weight excluding hydrogens is 418 g/mol. The van der Waals surface area contributed by atoms with Crippen molar-refractivity contribution in [3.05, 3.63) is 69.4 Å². The quantitative estimate of drug-likeness (QED) is 0.626. The Bertz CT molecular complexity index is 1140. The van der Waals surface area contributed by atoms with Gasteiger partial charge in [0, 0.05) is 23.6 Å². The molecule has 2 aromatic carbocycles. The molecule has 0 unspecified atom stereocenters. The van der Waals surface area contributed by atoms with Crippen molar-refractivity contribution in [3.8, 4) is 0 Å². The SMILES string of the molecule is O=C(NC[C@H]1CCCO1)c1cc2cc(Cl)ccc2oc1=Nc1ccc(F)c(Cl)c1. The zero-order valence-corrected chi connectivity index (χ0v) is 16.8. The number of fused-ring (bicyclic) bond motifs is 1. The van der Waals surface area contributed by atoms with Crippen LogP contribution in [-0.2, 0) is 4.74 Å². The fourth-order valence-corrected chi connectivity index (χ4v) is 3.48. The summed E-state index contributed by atoms with van der Waals surface area (Å²) in [6, 6.07) is 10.8. The number of rotatable bonds is 4. The number of benzene rings is 2. The number of nitrogens with zero attached hydrogens (tertiary/aromatic N) is 1. The summed E-state index contributed by atoms with van der Waals surface area (Å²) in [5, 5.41) is 3.98.